The maximum absolute atomic E-state index is 14.2. The van der Waals surface area contributed by atoms with Crippen molar-refractivity contribution < 1.29 is 18.3 Å². The molecule has 1 aliphatic heterocycles. The highest BCUT2D eigenvalue weighted by Crippen LogP contribution is 2.49. The molecule has 4 heteroatoms. The van der Waals surface area contributed by atoms with Gasteiger partial charge in [0.2, 0.25) is 5.82 Å². The summed E-state index contributed by atoms with van der Waals surface area (Å²) in [5.74, 6) is 0.0727. The number of rotatable bonds is 6. The highest BCUT2D eigenvalue weighted by molar-refractivity contribution is 5.33. The molecule has 4 atom stereocenters. The maximum Gasteiger partial charge on any atom is 0.200 e. The zero-order chi connectivity index (χ0) is 16.7. The van der Waals surface area contributed by atoms with Crippen molar-refractivity contribution in [3.8, 4) is 5.75 Å². The Balaban J connectivity index is 1.39. The van der Waals surface area contributed by atoms with Crippen LogP contribution in [0, 0.1) is 29.4 Å². The van der Waals surface area contributed by atoms with Crippen LogP contribution in [0.15, 0.2) is 23.8 Å². The van der Waals surface area contributed by atoms with E-state index >= 15 is 0 Å². The molecule has 0 aromatic heterocycles. The molecule has 2 nitrogen and oxygen atoms in total. The summed E-state index contributed by atoms with van der Waals surface area (Å²) in [6, 6.07) is 3.12. The van der Waals surface area contributed by atoms with E-state index in [1.54, 1.807) is 11.6 Å². The van der Waals surface area contributed by atoms with Gasteiger partial charge in [-0.25, -0.2) is 4.39 Å². The molecule has 130 valence electrons. The Morgan fingerprint density at radius 1 is 1.21 bits per heavy atom. The van der Waals surface area contributed by atoms with Crippen molar-refractivity contribution in [2.75, 3.05) is 13.2 Å². The summed E-state index contributed by atoms with van der Waals surface area (Å²) >= 11 is 0. The van der Waals surface area contributed by atoms with E-state index in [2.05, 4.69) is 13.0 Å². The van der Waals surface area contributed by atoms with Crippen LogP contribution in [0.2, 0.25) is 0 Å². The molecule has 1 aromatic carbocycles. The highest BCUT2D eigenvalue weighted by atomic mass is 19.2. The average Bonchev–Trinajstić information content (AvgIpc) is 3.22. The standard InChI is InChI=1S/C20H24F2O2/c1-2-3-12-4-6-15-13(5-7-14(12)15)10-23-17-9-8-16(18-11-24-18)19(21)20(17)22/h4,8-9,13-15,18H,2-3,5-7,10-11H2,1H3. The van der Waals surface area contributed by atoms with Crippen molar-refractivity contribution in [3.63, 3.8) is 0 Å². The first-order valence-electron chi connectivity index (χ1n) is 9.10. The van der Waals surface area contributed by atoms with Crippen LogP contribution in [0.1, 0.15) is 50.7 Å². The molecule has 1 saturated carbocycles. The average molecular weight is 334 g/mol. The van der Waals surface area contributed by atoms with Crippen molar-refractivity contribution >= 4 is 0 Å². The Kier molecular flexibility index (Phi) is 4.33. The molecule has 0 N–H and O–H groups in total. The lowest BCUT2D eigenvalue weighted by atomic mass is 9.88. The Bertz CT molecular complexity index is 651. The summed E-state index contributed by atoms with van der Waals surface area (Å²) in [7, 11) is 0. The second kappa shape index (κ2) is 6.47. The largest absolute Gasteiger partial charge is 0.490 e. The summed E-state index contributed by atoms with van der Waals surface area (Å²) in [6.07, 6.45) is 7.94. The Hall–Kier alpha value is -1.42. The first-order valence-corrected chi connectivity index (χ1v) is 9.10. The van der Waals surface area contributed by atoms with Gasteiger partial charge in [0, 0.05) is 5.56 Å². The minimum Gasteiger partial charge on any atom is -0.490 e. The molecule has 4 unspecified atom stereocenters. The van der Waals surface area contributed by atoms with Gasteiger partial charge in [-0.2, -0.15) is 4.39 Å². The van der Waals surface area contributed by atoms with E-state index in [0.717, 1.165) is 12.8 Å². The molecule has 0 spiro atoms. The van der Waals surface area contributed by atoms with E-state index < -0.39 is 11.6 Å². The first kappa shape index (κ1) is 16.1. The Labute approximate surface area is 141 Å². The monoisotopic (exact) mass is 334 g/mol. The van der Waals surface area contributed by atoms with Crippen molar-refractivity contribution in [2.24, 2.45) is 17.8 Å². The maximum atomic E-state index is 14.2. The third kappa shape index (κ3) is 2.85. The number of allylic oxidation sites excluding steroid dienone is 2. The van der Waals surface area contributed by atoms with Crippen molar-refractivity contribution in [1.29, 1.82) is 0 Å². The fraction of sp³-hybridized carbons (Fsp3) is 0.600. The lowest BCUT2D eigenvalue weighted by Crippen LogP contribution is -2.19. The van der Waals surface area contributed by atoms with E-state index in [-0.39, 0.29) is 11.9 Å². The van der Waals surface area contributed by atoms with Crippen LogP contribution < -0.4 is 4.74 Å². The number of epoxide rings is 1. The smallest absolute Gasteiger partial charge is 0.200 e. The van der Waals surface area contributed by atoms with Crippen LogP contribution in [0.3, 0.4) is 0 Å². The fourth-order valence-corrected chi connectivity index (χ4v) is 4.52. The Morgan fingerprint density at radius 3 is 2.79 bits per heavy atom. The Morgan fingerprint density at radius 2 is 2.04 bits per heavy atom. The van der Waals surface area contributed by atoms with Gasteiger partial charge in [-0.3, -0.25) is 0 Å². The minimum atomic E-state index is -0.881. The van der Waals surface area contributed by atoms with Gasteiger partial charge in [-0.05, 0) is 55.6 Å². The molecule has 1 aromatic rings. The normalized spacial score (nSPS) is 31.0. The van der Waals surface area contributed by atoms with Crippen LogP contribution in [0.25, 0.3) is 0 Å². The quantitative estimate of drug-likeness (QED) is 0.528. The molecule has 1 heterocycles. The molecule has 4 rings (SSSR count). The van der Waals surface area contributed by atoms with E-state index in [9.17, 15) is 8.78 Å². The van der Waals surface area contributed by atoms with E-state index in [1.165, 1.54) is 25.3 Å². The van der Waals surface area contributed by atoms with Gasteiger partial charge < -0.3 is 9.47 Å². The van der Waals surface area contributed by atoms with Crippen LogP contribution in [0.5, 0.6) is 5.75 Å². The molecule has 1 saturated heterocycles. The van der Waals surface area contributed by atoms with Gasteiger partial charge in [0.05, 0.1) is 13.2 Å². The second-order valence-electron chi connectivity index (χ2n) is 7.29. The number of ether oxygens (including phenoxy) is 2. The topological polar surface area (TPSA) is 21.8 Å². The molecule has 0 radical (unpaired) electrons. The fourth-order valence-electron chi connectivity index (χ4n) is 4.52. The summed E-state index contributed by atoms with van der Waals surface area (Å²) < 4.78 is 39.0. The van der Waals surface area contributed by atoms with Crippen LogP contribution in [-0.2, 0) is 4.74 Å². The number of benzene rings is 1. The van der Waals surface area contributed by atoms with Crippen molar-refractivity contribution in [2.45, 2.75) is 45.1 Å². The SMILES string of the molecule is CCCC1=CCC2C(COc3ccc(C4CO4)c(F)c3F)CCC12. The van der Waals surface area contributed by atoms with Crippen LogP contribution in [0.4, 0.5) is 8.78 Å². The van der Waals surface area contributed by atoms with Crippen molar-refractivity contribution in [3.05, 3.63) is 41.0 Å². The van der Waals surface area contributed by atoms with Crippen molar-refractivity contribution in [1.82, 2.24) is 0 Å². The molecule has 2 aliphatic carbocycles. The van der Waals surface area contributed by atoms with Gasteiger partial charge in [0.25, 0.3) is 0 Å². The lowest BCUT2D eigenvalue weighted by Gasteiger charge is -2.20. The summed E-state index contributed by atoms with van der Waals surface area (Å²) in [5, 5.41) is 0. The second-order valence-corrected chi connectivity index (χ2v) is 7.29. The summed E-state index contributed by atoms with van der Waals surface area (Å²) in [4.78, 5) is 0. The highest BCUT2D eigenvalue weighted by Gasteiger charge is 2.40. The molecule has 0 bridgehead atoms. The van der Waals surface area contributed by atoms with Gasteiger partial charge in [-0.15, -0.1) is 0 Å². The molecule has 24 heavy (non-hydrogen) atoms. The van der Waals surface area contributed by atoms with Gasteiger partial charge in [0.1, 0.15) is 6.10 Å². The number of halogens is 2. The third-order valence-electron chi connectivity index (χ3n) is 5.85. The predicted octanol–water partition coefficient (Wildman–Crippen LogP) is 5.19. The van der Waals surface area contributed by atoms with Crippen LogP contribution >= 0.6 is 0 Å². The molecular weight excluding hydrogens is 310 g/mol. The first-order chi connectivity index (χ1) is 11.7. The molecule has 0 amide bonds. The minimum absolute atomic E-state index is 0.0279. The third-order valence-corrected chi connectivity index (χ3v) is 5.85. The van der Waals surface area contributed by atoms with E-state index in [1.807, 2.05) is 0 Å². The van der Waals surface area contributed by atoms with Gasteiger partial charge in [0.15, 0.2) is 11.6 Å². The summed E-state index contributed by atoms with van der Waals surface area (Å²) in [6.45, 7) is 3.16. The zero-order valence-electron chi connectivity index (χ0n) is 14.1. The predicted molar refractivity (Wildman–Crippen MR) is 87.9 cm³/mol. The number of hydrogen-bond donors (Lipinski definition) is 0. The number of hydrogen-bond acceptors (Lipinski definition) is 2. The van der Waals surface area contributed by atoms with Gasteiger partial charge in [-0.1, -0.05) is 25.0 Å². The van der Waals surface area contributed by atoms with E-state index in [4.69, 9.17) is 9.47 Å². The zero-order valence-corrected chi connectivity index (χ0v) is 14.1. The van der Waals surface area contributed by atoms with Gasteiger partial charge >= 0.3 is 0 Å². The number of fused-ring (bicyclic) bond motifs is 1. The van der Waals surface area contributed by atoms with E-state index in [0.29, 0.717) is 36.5 Å². The summed E-state index contributed by atoms with van der Waals surface area (Å²) in [5.41, 5.74) is 1.90. The van der Waals surface area contributed by atoms with Crippen LogP contribution in [-0.4, -0.2) is 13.2 Å². The molecule has 2 fully saturated rings. The molecule has 3 aliphatic rings. The lowest BCUT2D eigenvalue weighted by molar-refractivity contribution is 0.200. The molecular formula is C20H24F2O2.